The monoisotopic (exact) mass is 281 g/mol. The molecule has 1 aromatic carbocycles. The van der Waals surface area contributed by atoms with Crippen LogP contribution >= 0.6 is 0 Å². The smallest absolute Gasteiger partial charge is 0.231 e. The van der Waals surface area contributed by atoms with E-state index in [1.54, 1.807) is 32.2 Å². The van der Waals surface area contributed by atoms with E-state index in [1.807, 2.05) is 0 Å². The van der Waals surface area contributed by atoms with E-state index in [2.05, 4.69) is 4.99 Å². The number of hydrogen-bond acceptors (Lipinski definition) is 5. The van der Waals surface area contributed by atoms with Crippen molar-refractivity contribution < 1.29 is 14.6 Å². The van der Waals surface area contributed by atoms with Gasteiger partial charge in [0.1, 0.15) is 0 Å². The van der Waals surface area contributed by atoms with Crippen LogP contribution in [-0.2, 0) is 0 Å². The summed E-state index contributed by atoms with van der Waals surface area (Å²) in [6.45, 7) is 2.14. The van der Waals surface area contributed by atoms with Gasteiger partial charge in [0.25, 0.3) is 0 Å². The molecule has 0 radical (unpaired) electrons. The van der Waals surface area contributed by atoms with Gasteiger partial charge in [0.05, 0.1) is 5.69 Å². The molecule has 0 atom stereocenters. The Morgan fingerprint density at radius 2 is 2.00 bits per heavy atom. The van der Waals surface area contributed by atoms with Crippen molar-refractivity contribution in [2.24, 2.45) is 16.5 Å². The molecule has 0 saturated heterocycles. The normalized spacial score (nSPS) is 12.4. The predicted octanol–water partition coefficient (Wildman–Crippen LogP) is 0.185. The van der Waals surface area contributed by atoms with Crippen molar-refractivity contribution in [2.45, 2.75) is 6.92 Å². The SMILES string of the molecule is CCO.CN(C(=N)N)C(N)=Nc1ccc2c(c1)OCO2. The van der Waals surface area contributed by atoms with Gasteiger partial charge in [-0.15, -0.1) is 0 Å². The van der Waals surface area contributed by atoms with Crippen LogP contribution in [0.4, 0.5) is 5.69 Å². The molecule has 1 aromatic rings. The number of rotatable bonds is 1. The first kappa shape index (κ1) is 15.6. The summed E-state index contributed by atoms with van der Waals surface area (Å²) in [5.41, 5.74) is 11.6. The van der Waals surface area contributed by atoms with Crippen molar-refractivity contribution >= 4 is 17.6 Å². The number of aliphatic imine (C=N–C) groups is 1. The van der Waals surface area contributed by atoms with E-state index in [9.17, 15) is 0 Å². The molecule has 1 heterocycles. The fraction of sp³-hybridized carbons (Fsp3) is 0.333. The van der Waals surface area contributed by atoms with E-state index in [0.29, 0.717) is 17.2 Å². The number of aliphatic hydroxyl groups excluding tert-OH is 1. The fourth-order valence-corrected chi connectivity index (χ4v) is 1.29. The lowest BCUT2D eigenvalue weighted by Crippen LogP contribution is -2.42. The standard InChI is InChI=1S/C10H13N5O2.C2H6O/c1-15(9(11)12)10(13)14-6-2-3-7-8(4-6)17-5-16-7;1-2-3/h2-4H,5H2,1H3,(H3,11,12)(H2,13,14);3H,2H2,1H3. The summed E-state index contributed by atoms with van der Waals surface area (Å²) in [4.78, 5) is 5.39. The van der Waals surface area contributed by atoms with Crippen LogP contribution in [-0.4, -0.2) is 42.4 Å². The van der Waals surface area contributed by atoms with Gasteiger partial charge in [-0.3, -0.25) is 10.3 Å². The van der Waals surface area contributed by atoms with Gasteiger partial charge in [0.15, 0.2) is 17.5 Å². The molecule has 0 unspecified atom stereocenters. The number of aliphatic hydroxyl groups is 1. The Morgan fingerprint density at radius 3 is 2.60 bits per heavy atom. The number of ether oxygens (including phenoxy) is 2. The minimum Gasteiger partial charge on any atom is -0.454 e. The molecule has 2 rings (SSSR count). The van der Waals surface area contributed by atoms with Gasteiger partial charge in [-0.05, 0) is 19.1 Å². The van der Waals surface area contributed by atoms with E-state index in [0.717, 1.165) is 0 Å². The van der Waals surface area contributed by atoms with Crippen molar-refractivity contribution in [3.63, 3.8) is 0 Å². The molecule has 0 fully saturated rings. The first-order chi connectivity index (χ1) is 9.49. The molecule has 0 aromatic heterocycles. The zero-order chi connectivity index (χ0) is 15.1. The second-order valence-corrected chi connectivity index (χ2v) is 3.77. The summed E-state index contributed by atoms with van der Waals surface area (Å²) < 4.78 is 10.4. The Morgan fingerprint density at radius 1 is 1.40 bits per heavy atom. The molecule has 0 saturated carbocycles. The van der Waals surface area contributed by atoms with Crippen molar-refractivity contribution in [3.05, 3.63) is 18.2 Å². The molecule has 0 bridgehead atoms. The largest absolute Gasteiger partial charge is 0.454 e. The van der Waals surface area contributed by atoms with Gasteiger partial charge < -0.3 is 26.0 Å². The lowest BCUT2D eigenvalue weighted by atomic mass is 10.3. The Balaban J connectivity index is 0.000000612. The zero-order valence-electron chi connectivity index (χ0n) is 11.5. The Bertz CT molecular complexity index is 504. The van der Waals surface area contributed by atoms with E-state index in [1.165, 1.54) is 4.90 Å². The summed E-state index contributed by atoms with van der Waals surface area (Å²) in [7, 11) is 1.56. The number of nitrogens with two attached hydrogens (primary N) is 2. The Labute approximate surface area is 117 Å². The third-order valence-electron chi connectivity index (χ3n) is 2.30. The summed E-state index contributed by atoms with van der Waals surface area (Å²) in [6, 6.07) is 5.21. The molecule has 6 N–H and O–H groups in total. The minimum absolute atomic E-state index is 0.136. The number of guanidine groups is 2. The number of fused-ring (bicyclic) bond motifs is 1. The number of nitrogens with one attached hydrogen (secondary N) is 1. The van der Waals surface area contributed by atoms with Crippen molar-refractivity contribution in [3.8, 4) is 11.5 Å². The Kier molecular flexibility index (Phi) is 5.60. The maximum Gasteiger partial charge on any atom is 0.231 e. The highest BCUT2D eigenvalue weighted by atomic mass is 16.7. The van der Waals surface area contributed by atoms with Crippen molar-refractivity contribution in [2.75, 3.05) is 20.4 Å². The van der Waals surface area contributed by atoms with Crippen LogP contribution in [0, 0.1) is 5.41 Å². The van der Waals surface area contributed by atoms with E-state index < -0.39 is 0 Å². The number of nitrogens with zero attached hydrogens (tertiary/aromatic N) is 2. The van der Waals surface area contributed by atoms with Crippen molar-refractivity contribution in [1.82, 2.24) is 4.90 Å². The predicted molar refractivity (Wildman–Crippen MR) is 76.3 cm³/mol. The molecule has 0 amide bonds. The number of benzene rings is 1. The zero-order valence-corrected chi connectivity index (χ0v) is 11.5. The van der Waals surface area contributed by atoms with E-state index >= 15 is 0 Å². The van der Waals surface area contributed by atoms with Gasteiger partial charge in [0, 0.05) is 19.7 Å². The van der Waals surface area contributed by atoms with Gasteiger partial charge in [0.2, 0.25) is 12.8 Å². The quantitative estimate of drug-likeness (QED) is 0.429. The minimum atomic E-state index is -0.174. The maximum atomic E-state index is 7.57. The van der Waals surface area contributed by atoms with Crippen LogP contribution in [0.3, 0.4) is 0 Å². The summed E-state index contributed by atoms with van der Waals surface area (Å²) in [5.74, 6) is 1.27. The average Bonchev–Trinajstić information content (AvgIpc) is 2.86. The van der Waals surface area contributed by atoms with Crippen LogP contribution in [0.25, 0.3) is 0 Å². The highest BCUT2D eigenvalue weighted by Gasteiger charge is 2.13. The van der Waals surface area contributed by atoms with Crippen LogP contribution in [0.15, 0.2) is 23.2 Å². The molecule has 8 heteroatoms. The lowest BCUT2D eigenvalue weighted by molar-refractivity contribution is 0.174. The van der Waals surface area contributed by atoms with Crippen LogP contribution in [0.2, 0.25) is 0 Å². The van der Waals surface area contributed by atoms with E-state index in [4.69, 9.17) is 31.5 Å². The van der Waals surface area contributed by atoms with Crippen molar-refractivity contribution in [1.29, 1.82) is 5.41 Å². The van der Waals surface area contributed by atoms with Gasteiger partial charge in [-0.1, -0.05) is 0 Å². The van der Waals surface area contributed by atoms with Crippen LogP contribution < -0.4 is 20.9 Å². The highest BCUT2D eigenvalue weighted by molar-refractivity contribution is 5.96. The molecule has 1 aliphatic heterocycles. The molecule has 0 aliphatic carbocycles. The van der Waals surface area contributed by atoms with E-state index in [-0.39, 0.29) is 25.3 Å². The average molecular weight is 281 g/mol. The topological polar surface area (TPSA) is 130 Å². The van der Waals surface area contributed by atoms with Gasteiger partial charge in [-0.2, -0.15) is 0 Å². The fourth-order valence-electron chi connectivity index (χ4n) is 1.29. The first-order valence-electron chi connectivity index (χ1n) is 5.92. The number of hydrogen-bond donors (Lipinski definition) is 4. The second-order valence-electron chi connectivity index (χ2n) is 3.77. The molecule has 0 spiro atoms. The van der Waals surface area contributed by atoms with Gasteiger partial charge in [-0.25, -0.2) is 4.99 Å². The summed E-state index contributed by atoms with van der Waals surface area (Å²) in [5, 5.41) is 14.8. The molecular formula is C12H19N5O3. The van der Waals surface area contributed by atoms with Crippen LogP contribution in [0.5, 0.6) is 11.5 Å². The third kappa shape index (κ3) is 4.02. The molecular weight excluding hydrogens is 262 g/mol. The Hall–Kier alpha value is -2.48. The first-order valence-corrected chi connectivity index (χ1v) is 5.92. The highest BCUT2D eigenvalue weighted by Crippen LogP contribution is 2.35. The molecule has 8 nitrogen and oxygen atoms in total. The third-order valence-corrected chi connectivity index (χ3v) is 2.30. The molecule has 110 valence electrons. The summed E-state index contributed by atoms with van der Waals surface area (Å²) >= 11 is 0. The lowest BCUT2D eigenvalue weighted by Gasteiger charge is -2.14. The molecule has 1 aliphatic rings. The molecule has 20 heavy (non-hydrogen) atoms. The second kappa shape index (κ2) is 7.19. The summed E-state index contributed by atoms with van der Waals surface area (Å²) in [6.07, 6.45) is 0. The van der Waals surface area contributed by atoms with Gasteiger partial charge >= 0.3 is 0 Å². The maximum absolute atomic E-state index is 7.57. The van der Waals surface area contributed by atoms with Crippen LogP contribution in [0.1, 0.15) is 6.92 Å².